The summed E-state index contributed by atoms with van der Waals surface area (Å²) in [6, 6.07) is 6.39. The Morgan fingerprint density at radius 3 is 2.86 bits per heavy atom. The molecule has 1 aliphatic rings. The third-order valence-corrected chi connectivity index (χ3v) is 6.26. The summed E-state index contributed by atoms with van der Waals surface area (Å²) in [5.41, 5.74) is 3.32. The fraction of sp³-hybridized carbons (Fsp3) is 0.545. The molecule has 1 fully saturated rings. The Morgan fingerprint density at radius 2 is 2.10 bits per heavy atom. The number of benzene rings is 1. The standard InChI is InChI=1S/C22H30N4O2S/c1-22(2,3)14-24-20(27)19-13-26-18-5-4-16(10-17(18)25-21(26)29-19)12-23-11-15-6-8-28-9-7-15/h4-5,10,13,15,23H,6-9,11-12,14H2,1-3H3,(H,24,27). The van der Waals surface area contributed by atoms with E-state index in [9.17, 15) is 4.79 Å². The molecule has 0 aliphatic carbocycles. The van der Waals surface area contributed by atoms with Crippen molar-refractivity contribution in [2.45, 2.75) is 40.2 Å². The lowest BCUT2D eigenvalue weighted by atomic mass is 9.97. The fourth-order valence-corrected chi connectivity index (χ4v) is 4.49. The minimum Gasteiger partial charge on any atom is -0.381 e. The van der Waals surface area contributed by atoms with Crippen LogP contribution in [0.1, 0.15) is 48.8 Å². The van der Waals surface area contributed by atoms with E-state index in [-0.39, 0.29) is 11.3 Å². The Hall–Kier alpha value is -1.96. The third kappa shape index (κ3) is 4.97. The molecule has 2 aromatic heterocycles. The Balaban J connectivity index is 1.42. The van der Waals surface area contributed by atoms with Crippen LogP contribution in [0.15, 0.2) is 24.4 Å². The molecule has 0 unspecified atom stereocenters. The molecule has 0 bridgehead atoms. The number of hydrogen-bond acceptors (Lipinski definition) is 5. The van der Waals surface area contributed by atoms with Gasteiger partial charge < -0.3 is 15.4 Å². The smallest absolute Gasteiger partial charge is 0.263 e. The first kappa shape index (κ1) is 20.3. The largest absolute Gasteiger partial charge is 0.381 e. The molecule has 1 aliphatic heterocycles. The Bertz CT molecular complexity index is 995. The minimum absolute atomic E-state index is 0.0301. The first-order valence-corrected chi connectivity index (χ1v) is 11.2. The van der Waals surface area contributed by atoms with Gasteiger partial charge in [-0.3, -0.25) is 9.20 Å². The molecule has 7 heteroatoms. The summed E-state index contributed by atoms with van der Waals surface area (Å²) in [4.78, 5) is 18.7. The highest BCUT2D eigenvalue weighted by atomic mass is 32.1. The number of amides is 1. The normalized spacial score (nSPS) is 16.0. The molecule has 1 amide bonds. The van der Waals surface area contributed by atoms with Crippen LogP contribution in [-0.2, 0) is 11.3 Å². The van der Waals surface area contributed by atoms with E-state index >= 15 is 0 Å². The van der Waals surface area contributed by atoms with Crippen molar-refractivity contribution in [1.29, 1.82) is 0 Å². The molecule has 0 spiro atoms. The fourth-order valence-electron chi connectivity index (χ4n) is 3.58. The van der Waals surface area contributed by atoms with Crippen LogP contribution in [0.4, 0.5) is 0 Å². The summed E-state index contributed by atoms with van der Waals surface area (Å²) >= 11 is 1.44. The van der Waals surface area contributed by atoms with Crippen molar-refractivity contribution in [3.8, 4) is 0 Å². The molecule has 0 radical (unpaired) electrons. The second-order valence-corrected chi connectivity index (χ2v) is 10.1. The molecule has 4 rings (SSSR count). The van der Waals surface area contributed by atoms with E-state index in [1.807, 2.05) is 10.6 Å². The molecule has 156 valence electrons. The number of fused-ring (bicyclic) bond motifs is 3. The van der Waals surface area contributed by atoms with Crippen LogP contribution in [0, 0.1) is 11.3 Å². The van der Waals surface area contributed by atoms with Crippen molar-refractivity contribution >= 4 is 33.2 Å². The van der Waals surface area contributed by atoms with Crippen LogP contribution < -0.4 is 10.6 Å². The van der Waals surface area contributed by atoms with Crippen LogP contribution in [0.3, 0.4) is 0 Å². The van der Waals surface area contributed by atoms with Crippen LogP contribution in [0.2, 0.25) is 0 Å². The molecule has 1 saturated heterocycles. The number of thiazole rings is 1. The highest BCUT2D eigenvalue weighted by Crippen LogP contribution is 2.25. The van der Waals surface area contributed by atoms with Crippen LogP contribution in [0.25, 0.3) is 16.0 Å². The van der Waals surface area contributed by atoms with E-state index in [0.29, 0.717) is 17.3 Å². The molecule has 0 saturated carbocycles. The van der Waals surface area contributed by atoms with Gasteiger partial charge in [-0.25, -0.2) is 4.98 Å². The summed E-state index contributed by atoms with van der Waals surface area (Å²) in [5.74, 6) is 0.686. The number of carbonyl (C=O) groups excluding carboxylic acids is 1. The quantitative estimate of drug-likeness (QED) is 0.643. The van der Waals surface area contributed by atoms with Crippen LogP contribution in [0.5, 0.6) is 0 Å². The molecule has 1 aromatic carbocycles. The number of nitrogens with zero attached hydrogens (tertiary/aromatic N) is 2. The molecule has 29 heavy (non-hydrogen) atoms. The predicted molar refractivity (Wildman–Crippen MR) is 118 cm³/mol. The van der Waals surface area contributed by atoms with Gasteiger partial charge in [-0.2, -0.15) is 0 Å². The van der Waals surface area contributed by atoms with Crippen LogP contribution in [-0.4, -0.2) is 41.6 Å². The third-order valence-electron chi connectivity index (χ3n) is 5.28. The maximum atomic E-state index is 12.4. The molecule has 3 heterocycles. The Morgan fingerprint density at radius 1 is 1.31 bits per heavy atom. The lowest BCUT2D eigenvalue weighted by Gasteiger charge is -2.22. The van der Waals surface area contributed by atoms with E-state index in [4.69, 9.17) is 9.72 Å². The zero-order valence-corrected chi connectivity index (χ0v) is 18.3. The van der Waals surface area contributed by atoms with E-state index in [1.165, 1.54) is 16.9 Å². The van der Waals surface area contributed by atoms with Crippen molar-refractivity contribution in [2.75, 3.05) is 26.3 Å². The number of nitrogens with one attached hydrogen (secondary N) is 2. The van der Waals surface area contributed by atoms with E-state index < -0.39 is 0 Å². The zero-order valence-electron chi connectivity index (χ0n) is 17.5. The van der Waals surface area contributed by atoms with Crippen molar-refractivity contribution < 1.29 is 9.53 Å². The van der Waals surface area contributed by atoms with Gasteiger partial charge in [0.1, 0.15) is 4.88 Å². The van der Waals surface area contributed by atoms with Gasteiger partial charge in [0.15, 0.2) is 4.96 Å². The monoisotopic (exact) mass is 414 g/mol. The molecular weight excluding hydrogens is 384 g/mol. The lowest BCUT2D eigenvalue weighted by Crippen LogP contribution is -2.31. The highest BCUT2D eigenvalue weighted by Gasteiger charge is 2.17. The van der Waals surface area contributed by atoms with Crippen molar-refractivity contribution in [3.05, 3.63) is 34.8 Å². The number of rotatable bonds is 6. The number of hydrogen-bond donors (Lipinski definition) is 2. The second-order valence-electron chi connectivity index (χ2n) is 9.11. The van der Waals surface area contributed by atoms with E-state index in [0.717, 1.165) is 55.1 Å². The average molecular weight is 415 g/mol. The first-order chi connectivity index (χ1) is 13.9. The van der Waals surface area contributed by atoms with E-state index in [1.54, 1.807) is 0 Å². The van der Waals surface area contributed by atoms with Gasteiger partial charge in [-0.1, -0.05) is 38.2 Å². The summed E-state index contributed by atoms with van der Waals surface area (Å²) in [5, 5.41) is 6.58. The van der Waals surface area contributed by atoms with Crippen molar-refractivity contribution in [3.63, 3.8) is 0 Å². The van der Waals surface area contributed by atoms with Gasteiger partial charge in [0, 0.05) is 32.5 Å². The van der Waals surface area contributed by atoms with Gasteiger partial charge in [0.05, 0.1) is 11.0 Å². The van der Waals surface area contributed by atoms with E-state index in [2.05, 4.69) is 49.6 Å². The molecular formula is C22H30N4O2S. The SMILES string of the molecule is CC(C)(C)CNC(=O)c1cn2c(nc3cc(CNCC4CCOCC4)ccc32)s1. The molecule has 6 nitrogen and oxygen atoms in total. The number of aromatic nitrogens is 2. The van der Waals surface area contributed by atoms with Gasteiger partial charge >= 0.3 is 0 Å². The summed E-state index contributed by atoms with van der Waals surface area (Å²) in [7, 11) is 0. The number of imidazole rings is 1. The average Bonchev–Trinajstić information content (AvgIpc) is 3.24. The highest BCUT2D eigenvalue weighted by molar-refractivity contribution is 7.18. The second kappa shape index (κ2) is 8.42. The lowest BCUT2D eigenvalue weighted by molar-refractivity contribution is 0.0662. The summed E-state index contributed by atoms with van der Waals surface area (Å²) in [6.07, 6.45) is 4.19. The molecule has 3 aromatic rings. The van der Waals surface area contributed by atoms with Gasteiger partial charge in [0.2, 0.25) is 0 Å². The van der Waals surface area contributed by atoms with Crippen molar-refractivity contribution in [1.82, 2.24) is 20.0 Å². The van der Waals surface area contributed by atoms with Crippen molar-refractivity contribution in [2.24, 2.45) is 11.3 Å². The zero-order chi connectivity index (χ0) is 20.4. The summed E-state index contributed by atoms with van der Waals surface area (Å²) in [6.45, 7) is 10.6. The summed E-state index contributed by atoms with van der Waals surface area (Å²) < 4.78 is 7.44. The van der Waals surface area contributed by atoms with Crippen LogP contribution >= 0.6 is 11.3 Å². The number of ether oxygens (including phenoxy) is 1. The Labute approximate surface area is 175 Å². The minimum atomic E-state index is -0.0301. The maximum Gasteiger partial charge on any atom is 0.263 e. The maximum absolute atomic E-state index is 12.4. The topological polar surface area (TPSA) is 67.7 Å². The molecule has 0 atom stereocenters. The predicted octanol–water partition coefficient (Wildman–Crippen LogP) is 3.84. The van der Waals surface area contributed by atoms with Gasteiger partial charge in [-0.15, -0.1) is 0 Å². The first-order valence-electron chi connectivity index (χ1n) is 10.4. The number of carbonyl (C=O) groups is 1. The van der Waals surface area contributed by atoms with Gasteiger partial charge in [-0.05, 0) is 48.4 Å². The molecule has 2 N–H and O–H groups in total. The van der Waals surface area contributed by atoms with Gasteiger partial charge in [0.25, 0.3) is 5.91 Å². The Kier molecular flexibility index (Phi) is 5.90.